The number of hydrogen-bond donors (Lipinski definition) is 0. The van der Waals surface area contributed by atoms with Gasteiger partial charge < -0.3 is 9.47 Å². The molecule has 0 atom stereocenters. The SMILES string of the molecule is C=C(C(=O)OC(C)(C)CCOC(=O)c1cccc(C)c1C)C(F)(F)F. The minimum atomic E-state index is -4.84. The Labute approximate surface area is 144 Å². The Morgan fingerprint density at radius 1 is 1.16 bits per heavy atom. The topological polar surface area (TPSA) is 52.6 Å². The first-order valence-electron chi connectivity index (χ1n) is 7.58. The number of hydrogen-bond acceptors (Lipinski definition) is 4. The van der Waals surface area contributed by atoms with E-state index in [0.717, 1.165) is 11.1 Å². The Kier molecular flexibility index (Phi) is 6.40. The highest BCUT2D eigenvalue weighted by molar-refractivity contribution is 5.91. The van der Waals surface area contributed by atoms with Crippen molar-refractivity contribution in [2.45, 2.75) is 45.9 Å². The first-order valence-corrected chi connectivity index (χ1v) is 7.58. The zero-order valence-electron chi connectivity index (χ0n) is 14.6. The molecule has 7 heteroatoms. The van der Waals surface area contributed by atoms with Crippen LogP contribution in [0.25, 0.3) is 0 Å². The normalized spacial score (nSPS) is 11.8. The summed E-state index contributed by atoms with van der Waals surface area (Å²) in [5.41, 5.74) is -0.671. The average Bonchev–Trinajstić information content (AvgIpc) is 2.47. The summed E-state index contributed by atoms with van der Waals surface area (Å²) in [4.78, 5) is 23.5. The zero-order chi connectivity index (χ0) is 19.4. The lowest BCUT2D eigenvalue weighted by molar-refractivity contribution is -0.162. The van der Waals surface area contributed by atoms with Crippen molar-refractivity contribution >= 4 is 11.9 Å². The Hall–Kier alpha value is -2.31. The summed E-state index contributed by atoms with van der Waals surface area (Å²) >= 11 is 0. The van der Waals surface area contributed by atoms with E-state index in [4.69, 9.17) is 9.47 Å². The summed E-state index contributed by atoms with van der Waals surface area (Å²) in [5.74, 6) is -2.08. The third-order valence-electron chi connectivity index (χ3n) is 3.72. The van der Waals surface area contributed by atoms with Crippen LogP contribution >= 0.6 is 0 Å². The Balaban J connectivity index is 2.59. The van der Waals surface area contributed by atoms with Gasteiger partial charge in [0.25, 0.3) is 0 Å². The van der Waals surface area contributed by atoms with Crippen LogP contribution in [0.1, 0.15) is 41.8 Å². The molecule has 4 nitrogen and oxygen atoms in total. The molecule has 0 aliphatic heterocycles. The standard InChI is InChI=1S/C18H21F3O4/c1-11-7-6-8-14(12(11)2)16(23)24-10-9-17(4,5)25-15(22)13(3)18(19,20)21/h6-8H,3,9-10H2,1-2,4-5H3. The predicted molar refractivity (Wildman–Crippen MR) is 86.2 cm³/mol. The van der Waals surface area contributed by atoms with Gasteiger partial charge in [0.05, 0.1) is 12.2 Å². The zero-order valence-corrected chi connectivity index (χ0v) is 14.6. The van der Waals surface area contributed by atoms with E-state index in [0.29, 0.717) is 5.56 Å². The van der Waals surface area contributed by atoms with Gasteiger partial charge in [-0.2, -0.15) is 13.2 Å². The van der Waals surface area contributed by atoms with Gasteiger partial charge in [0, 0.05) is 6.42 Å². The molecule has 0 unspecified atom stereocenters. The van der Waals surface area contributed by atoms with Gasteiger partial charge in [0.2, 0.25) is 0 Å². The Morgan fingerprint density at radius 2 is 1.76 bits per heavy atom. The fourth-order valence-electron chi connectivity index (χ4n) is 1.92. The van der Waals surface area contributed by atoms with Gasteiger partial charge in [-0.1, -0.05) is 18.7 Å². The second-order valence-electron chi connectivity index (χ2n) is 6.26. The Bertz CT molecular complexity index is 675. The van der Waals surface area contributed by atoms with E-state index in [2.05, 4.69) is 6.58 Å². The molecule has 0 N–H and O–H groups in total. The monoisotopic (exact) mass is 358 g/mol. The van der Waals surface area contributed by atoms with Crippen LogP contribution in [0.4, 0.5) is 13.2 Å². The van der Waals surface area contributed by atoms with E-state index >= 15 is 0 Å². The first-order chi connectivity index (χ1) is 11.3. The predicted octanol–water partition coefficient (Wildman–Crippen LogP) is 4.29. The van der Waals surface area contributed by atoms with Gasteiger partial charge in [-0.15, -0.1) is 0 Å². The number of esters is 2. The highest BCUT2D eigenvalue weighted by atomic mass is 19.4. The molecule has 0 radical (unpaired) electrons. The molecular weight excluding hydrogens is 337 g/mol. The van der Waals surface area contributed by atoms with Crippen LogP contribution in [0.15, 0.2) is 30.4 Å². The van der Waals surface area contributed by atoms with Gasteiger partial charge in [-0.3, -0.25) is 0 Å². The van der Waals surface area contributed by atoms with Crippen molar-refractivity contribution in [2.75, 3.05) is 6.61 Å². The van der Waals surface area contributed by atoms with Crippen LogP contribution < -0.4 is 0 Å². The van der Waals surface area contributed by atoms with E-state index in [1.54, 1.807) is 19.1 Å². The lowest BCUT2D eigenvalue weighted by Crippen LogP contribution is -2.33. The molecule has 0 saturated carbocycles. The molecule has 0 fully saturated rings. The molecule has 0 heterocycles. The minimum Gasteiger partial charge on any atom is -0.462 e. The number of halogens is 3. The van der Waals surface area contributed by atoms with E-state index in [9.17, 15) is 22.8 Å². The van der Waals surface area contributed by atoms with Crippen LogP contribution in [0.3, 0.4) is 0 Å². The molecule has 1 aromatic rings. The molecule has 0 amide bonds. The van der Waals surface area contributed by atoms with Gasteiger partial charge in [-0.25, -0.2) is 9.59 Å². The second kappa shape index (κ2) is 7.72. The van der Waals surface area contributed by atoms with Crippen LogP contribution in [0.5, 0.6) is 0 Å². The van der Waals surface area contributed by atoms with Crippen molar-refractivity contribution < 1.29 is 32.2 Å². The number of benzene rings is 1. The van der Waals surface area contributed by atoms with E-state index in [-0.39, 0.29) is 13.0 Å². The molecule has 0 aliphatic carbocycles. The third-order valence-corrected chi connectivity index (χ3v) is 3.72. The largest absolute Gasteiger partial charge is 0.462 e. The van der Waals surface area contributed by atoms with Crippen molar-refractivity contribution in [3.63, 3.8) is 0 Å². The molecule has 1 aromatic carbocycles. The molecule has 0 aliphatic rings. The van der Waals surface area contributed by atoms with Crippen LogP contribution in [0.2, 0.25) is 0 Å². The van der Waals surface area contributed by atoms with E-state index in [1.165, 1.54) is 13.8 Å². The fourth-order valence-corrected chi connectivity index (χ4v) is 1.92. The maximum Gasteiger partial charge on any atom is 0.422 e. The maximum atomic E-state index is 12.4. The summed E-state index contributed by atoms with van der Waals surface area (Å²) in [7, 11) is 0. The van der Waals surface area contributed by atoms with Crippen molar-refractivity contribution in [1.82, 2.24) is 0 Å². The molecule has 0 aromatic heterocycles. The van der Waals surface area contributed by atoms with Gasteiger partial charge in [-0.05, 0) is 44.9 Å². The third kappa shape index (κ3) is 5.92. The number of carbonyl (C=O) groups excluding carboxylic acids is 2. The average molecular weight is 358 g/mol. The quantitative estimate of drug-likeness (QED) is 0.562. The maximum absolute atomic E-state index is 12.4. The summed E-state index contributed by atoms with van der Waals surface area (Å²) in [6, 6.07) is 5.22. The van der Waals surface area contributed by atoms with Crippen LogP contribution in [-0.2, 0) is 14.3 Å². The minimum absolute atomic E-state index is 0.0421. The first kappa shape index (κ1) is 20.7. The number of rotatable bonds is 6. The summed E-state index contributed by atoms with van der Waals surface area (Å²) < 4.78 is 47.2. The van der Waals surface area contributed by atoms with Crippen molar-refractivity contribution in [2.24, 2.45) is 0 Å². The van der Waals surface area contributed by atoms with Gasteiger partial charge in [0.1, 0.15) is 11.2 Å². The molecular formula is C18H21F3O4. The molecule has 138 valence electrons. The highest BCUT2D eigenvalue weighted by Crippen LogP contribution is 2.27. The number of carbonyl (C=O) groups is 2. The van der Waals surface area contributed by atoms with Crippen molar-refractivity contribution in [1.29, 1.82) is 0 Å². The molecule has 0 bridgehead atoms. The lowest BCUT2D eigenvalue weighted by atomic mass is 10.0. The number of alkyl halides is 3. The number of ether oxygens (including phenoxy) is 2. The smallest absolute Gasteiger partial charge is 0.422 e. The van der Waals surface area contributed by atoms with E-state index < -0.39 is 29.3 Å². The summed E-state index contributed by atoms with van der Waals surface area (Å²) in [5, 5.41) is 0. The summed E-state index contributed by atoms with van der Waals surface area (Å²) in [6.45, 7) is 9.10. The molecule has 0 spiro atoms. The fraction of sp³-hybridized carbons (Fsp3) is 0.444. The second-order valence-corrected chi connectivity index (χ2v) is 6.26. The van der Waals surface area contributed by atoms with Crippen molar-refractivity contribution in [3.05, 3.63) is 47.0 Å². The van der Waals surface area contributed by atoms with Crippen molar-refractivity contribution in [3.8, 4) is 0 Å². The Morgan fingerprint density at radius 3 is 2.32 bits per heavy atom. The van der Waals surface area contributed by atoms with E-state index in [1.807, 2.05) is 13.0 Å². The summed E-state index contributed by atoms with van der Waals surface area (Å²) in [6.07, 6.45) is -4.80. The number of aryl methyl sites for hydroxylation is 1. The molecule has 1 rings (SSSR count). The molecule has 25 heavy (non-hydrogen) atoms. The lowest BCUT2D eigenvalue weighted by Gasteiger charge is -2.25. The van der Waals surface area contributed by atoms with Crippen LogP contribution in [0, 0.1) is 13.8 Å². The van der Waals surface area contributed by atoms with Crippen LogP contribution in [-0.4, -0.2) is 30.3 Å². The van der Waals surface area contributed by atoms with Gasteiger partial charge in [0.15, 0.2) is 0 Å². The molecule has 0 saturated heterocycles. The van der Waals surface area contributed by atoms with Gasteiger partial charge >= 0.3 is 18.1 Å². The highest BCUT2D eigenvalue weighted by Gasteiger charge is 2.39.